The Morgan fingerprint density at radius 2 is 1.27 bits per heavy atom. The van der Waals surface area contributed by atoms with Gasteiger partial charge in [-0.25, -0.2) is 8.42 Å². The zero-order chi connectivity index (χ0) is 22.8. The number of piperazine rings is 1. The van der Waals surface area contributed by atoms with Gasteiger partial charge in [0.25, 0.3) is 0 Å². The highest BCUT2D eigenvalue weighted by Crippen LogP contribution is 2.32. The van der Waals surface area contributed by atoms with Crippen LogP contribution in [0.1, 0.15) is 17.2 Å². The van der Waals surface area contributed by atoms with Gasteiger partial charge in [0.15, 0.2) is 0 Å². The molecule has 1 aliphatic rings. The van der Waals surface area contributed by atoms with Crippen molar-refractivity contribution in [3.05, 3.63) is 113 Å². The molecule has 4 aromatic carbocycles. The van der Waals surface area contributed by atoms with E-state index in [1.165, 1.54) is 11.1 Å². The van der Waals surface area contributed by atoms with Crippen molar-refractivity contribution in [3.63, 3.8) is 0 Å². The van der Waals surface area contributed by atoms with Crippen molar-refractivity contribution in [2.45, 2.75) is 10.9 Å². The Labute approximate surface area is 203 Å². The highest BCUT2D eigenvalue weighted by atomic mass is 79.9. The maximum atomic E-state index is 13.6. The number of sulfonamides is 1. The van der Waals surface area contributed by atoms with Crippen LogP contribution in [0.15, 0.2) is 106 Å². The van der Waals surface area contributed by atoms with Crippen LogP contribution in [-0.4, -0.2) is 43.8 Å². The van der Waals surface area contributed by atoms with Crippen LogP contribution in [0, 0.1) is 0 Å². The lowest BCUT2D eigenvalue weighted by Gasteiger charge is -2.39. The van der Waals surface area contributed by atoms with Crippen molar-refractivity contribution in [1.82, 2.24) is 9.21 Å². The number of rotatable bonds is 5. The van der Waals surface area contributed by atoms with Crippen molar-refractivity contribution < 1.29 is 8.42 Å². The molecule has 0 amide bonds. The van der Waals surface area contributed by atoms with E-state index in [1.54, 1.807) is 10.4 Å². The minimum absolute atomic E-state index is 0.0849. The number of fused-ring (bicyclic) bond motifs is 1. The van der Waals surface area contributed by atoms with Gasteiger partial charge in [-0.05, 0) is 34.7 Å². The topological polar surface area (TPSA) is 40.6 Å². The molecule has 0 aliphatic carbocycles. The molecular weight excluding hydrogens is 496 g/mol. The summed E-state index contributed by atoms with van der Waals surface area (Å²) >= 11 is 3.53. The molecule has 1 aliphatic heterocycles. The summed E-state index contributed by atoms with van der Waals surface area (Å²) in [5.74, 6) is 0. The molecule has 0 saturated carbocycles. The Hall–Kier alpha value is -2.51. The molecular formula is C27H25BrN2O2S. The van der Waals surface area contributed by atoms with Crippen LogP contribution in [0.4, 0.5) is 0 Å². The Balaban J connectivity index is 1.41. The Morgan fingerprint density at radius 1 is 0.667 bits per heavy atom. The average molecular weight is 521 g/mol. The zero-order valence-corrected chi connectivity index (χ0v) is 20.5. The molecule has 1 heterocycles. The van der Waals surface area contributed by atoms with Gasteiger partial charge in [-0.1, -0.05) is 94.8 Å². The van der Waals surface area contributed by atoms with Crippen molar-refractivity contribution in [2.24, 2.45) is 0 Å². The van der Waals surface area contributed by atoms with Crippen molar-refractivity contribution >= 4 is 36.7 Å². The van der Waals surface area contributed by atoms with E-state index in [0.29, 0.717) is 31.1 Å². The smallest absolute Gasteiger partial charge is 0.243 e. The van der Waals surface area contributed by atoms with E-state index >= 15 is 0 Å². The van der Waals surface area contributed by atoms with Crippen molar-refractivity contribution in [1.29, 1.82) is 0 Å². The fourth-order valence-electron chi connectivity index (χ4n) is 4.66. The molecule has 1 fully saturated rings. The van der Waals surface area contributed by atoms with Gasteiger partial charge in [-0.15, -0.1) is 0 Å². The van der Waals surface area contributed by atoms with Crippen LogP contribution < -0.4 is 0 Å². The summed E-state index contributed by atoms with van der Waals surface area (Å²) in [7, 11) is -3.57. The van der Waals surface area contributed by atoms with Crippen LogP contribution in [0.25, 0.3) is 10.8 Å². The van der Waals surface area contributed by atoms with E-state index in [0.717, 1.165) is 15.2 Å². The Bertz CT molecular complexity index is 1340. The fourth-order valence-corrected chi connectivity index (χ4v) is 6.56. The predicted molar refractivity (Wildman–Crippen MR) is 137 cm³/mol. The SMILES string of the molecule is O=S(=O)(c1cccc2ccccc12)N1CCN([C@@H](c2ccccc2)c2ccc(Br)cc2)CC1. The normalized spacial score (nSPS) is 16.6. The lowest BCUT2D eigenvalue weighted by Crippen LogP contribution is -2.49. The second-order valence-corrected chi connectivity index (χ2v) is 11.1. The largest absolute Gasteiger partial charge is 0.290 e. The monoisotopic (exact) mass is 520 g/mol. The molecule has 168 valence electrons. The molecule has 0 radical (unpaired) electrons. The van der Waals surface area contributed by atoms with Gasteiger partial charge in [-0.3, -0.25) is 4.90 Å². The third-order valence-corrected chi connectivity index (χ3v) is 8.79. The molecule has 0 spiro atoms. The molecule has 0 aromatic heterocycles. The molecule has 33 heavy (non-hydrogen) atoms. The van der Waals surface area contributed by atoms with E-state index in [-0.39, 0.29) is 6.04 Å². The Morgan fingerprint density at radius 3 is 2.00 bits per heavy atom. The maximum absolute atomic E-state index is 13.6. The van der Waals surface area contributed by atoms with Gasteiger partial charge < -0.3 is 0 Å². The molecule has 6 heteroatoms. The van der Waals surface area contributed by atoms with Crippen LogP contribution in [-0.2, 0) is 10.0 Å². The van der Waals surface area contributed by atoms with Gasteiger partial charge in [0.1, 0.15) is 0 Å². The first-order valence-corrected chi connectivity index (χ1v) is 13.3. The summed E-state index contributed by atoms with van der Waals surface area (Å²) in [6.45, 7) is 2.26. The third kappa shape index (κ3) is 4.49. The number of nitrogens with zero attached hydrogens (tertiary/aromatic N) is 2. The second kappa shape index (κ2) is 9.39. The van der Waals surface area contributed by atoms with E-state index in [9.17, 15) is 8.42 Å². The lowest BCUT2D eigenvalue weighted by molar-refractivity contribution is 0.156. The highest BCUT2D eigenvalue weighted by molar-refractivity contribution is 9.10. The summed E-state index contributed by atoms with van der Waals surface area (Å²) < 4.78 is 29.8. The minimum atomic E-state index is -3.57. The lowest BCUT2D eigenvalue weighted by atomic mass is 9.96. The third-order valence-electron chi connectivity index (χ3n) is 6.31. The summed E-state index contributed by atoms with van der Waals surface area (Å²) in [5, 5.41) is 1.72. The minimum Gasteiger partial charge on any atom is -0.290 e. The van der Waals surface area contributed by atoms with Gasteiger partial charge in [0.2, 0.25) is 10.0 Å². The molecule has 5 rings (SSSR count). The number of halogens is 1. The van der Waals surface area contributed by atoms with Gasteiger partial charge in [-0.2, -0.15) is 4.31 Å². The molecule has 1 atom stereocenters. The standard InChI is InChI=1S/C27H25BrN2O2S/c28-24-15-13-23(14-16-24)27(22-8-2-1-3-9-22)29-17-19-30(20-18-29)33(31,32)26-12-6-10-21-7-4-5-11-25(21)26/h1-16,27H,17-20H2/t27-/m0/s1. The van der Waals surface area contributed by atoms with E-state index in [1.807, 2.05) is 42.5 Å². The molecule has 0 N–H and O–H groups in total. The molecule has 0 bridgehead atoms. The molecule has 1 saturated heterocycles. The average Bonchev–Trinajstić information content (AvgIpc) is 2.86. The molecule has 0 unspecified atom stereocenters. The zero-order valence-electron chi connectivity index (χ0n) is 18.1. The van der Waals surface area contributed by atoms with Crippen LogP contribution >= 0.6 is 15.9 Å². The number of hydrogen-bond acceptors (Lipinski definition) is 3. The first kappa shape index (κ1) is 22.3. The number of hydrogen-bond donors (Lipinski definition) is 0. The van der Waals surface area contributed by atoms with Gasteiger partial charge in [0.05, 0.1) is 10.9 Å². The van der Waals surface area contributed by atoms with Crippen LogP contribution in [0.5, 0.6) is 0 Å². The first-order valence-electron chi connectivity index (χ1n) is 11.1. The number of benzene rings is 4. The first-order chi connectivity index (χ1) is 16.0. The van der Waals surface area contributed by atoms with Gasteiger partial charge >= 0.3 is 0 Å². The van der Waals surface area contributed by atoms with E-state index < -0.39 is 10.0 Å². The van der Waals surface area contributed by atoms with E-state index in [2.05, 4.69) is 69.4 Å². The predicted octanol–water partition coefficient (Wildman–Crippen LogP) is 5.70. The van der Waals surface area contributed by atoms with E-state index in [4.69, 9.17) is 0 Å². The summed E-state index contributed by atoms with van der Waals surface area (Å²) in [6.07, 6.45) is 0. The summed E-state index contributed by atoms with van der Waals surface area (Å²) in [6, 6.07) is 32.1. The molecule has 4 nitrogen and oxygen atoms in total. The van der Waals surface area contributed by atoms with Crippen molar-refractivity contribution in [2.75, 3.05) is 26.2 Å². The molecule has 4 aromatic rings. The van der Waals surface area contributed by atoms with Gasteiger partial charge in [0, 0.05) is 36.0 Å². The Kier molecular flexibility index (Phi) is 6.34. The van der Waals surface area contributed by atoms with Crippen molar-refractivity contribution in [3.8, 4) is 0 Å². The summed E-state index contributed by atoms with van der Waals surface area (Å²) in [4.78, 5) is 2.77. The second-order valence-electron chi connectivity index (χ2n) is 8.28. The fraction of sp³-hybridized carbons (Fsp3) is 0.185. The highest BCUT2D eigenvalue weighted by Gasteiger charge is 2.32. The van der Waals surface area contributed by atoms with Crippen LogP contribution in [0.3, 0.4) is 0 Å². The maximum Gasteiger partial charge on any atom is 0.243 e. The quantitative estimate of drug-likeness (QED) is 0.339. The van der Waals surface area contributed by atoms with Crippen LogP contribution in [0.2, 0.25) is 0 Å². The summed E-state index contributed by atoms with van der Waals surface area (Å²) in [5.41, 5.74) is 2.42.